The molecule has 0 saturated heterocycles. The van der Waals surface area contributed by atoms with Crippen molar-refractivity contribution < 1.29 is 9.59 Å². The number of hydrogen-bond donors (Lipinski definition) is 2. The molecule has 1 aromatic heterocycles. The zero-order valence-corrected chi connectivity index (χ0v) is 10.7. The van der Waals surface area contributed by atoms with Crippen LogP contribution in [0.4, 0.5) is 0 Å². The van der Waals surface area contributed by atoms with Gasteiger partial charge in [0.15, 0.2) is 10.2 Å². The normalized spacial score (nSPS) is 10.3. The Kier molecular flexibility index (Phi) is 5.42. The first kappa shape index (κ1) is 12.8. The maximum atomic E-state index is 10.7. The summed E-state index contributed by atoms with van der Waals surface area (Å²) in [5.41, 5.74) is 0. The van der Waals surface area contributed by atoms with Crippen molar-refractivity contribution in [1.82, 2.24) is 0 Å². The monoisotopic (exact) mass is 260 g/mol. The van der Waals surface area contributed by atoms with Gasteiger partial charge in [0.05, 0.1) is 0 Å². The van der Waals surface area contributed by atoms with Crippen molar-refractivity contribution in [3.63, 3.8) is 0 Å². The number of thiophene rings is 1. The lowest BCUT2D eigenvalue weighted by molar-refractivity contribution is -0.111. The predicted molar refractivity (Wildman–Crippen MR) is 68.9 cm³/mol. The molecule has 5 heteroatoms. The van der Waals surface area contributed by atoms with Crippen molar-refractivity contribution in [1.29, 1.82) is 0 Å². The number of thiol groups is 2. The molecule has 1 rings (SSSR count). The second kappa shape index (κ2) is 6.35. The predicted octanol–water partition coefficient (Wildman–Crippen LogP) is 2.53. The van der Waals surface area contributed by atoms with Gasteiger partial charge in [-0.25, -0.2) is 0 Å². The number of carbonyl (C=O) groups excluding carboxylic acids is 2. The highest BCUT2D eigenvalue weighted by molar-refractivity contribution is 7.96. The van der Waals surface area contributed by atoms with E-state index in [0.29, 0.717) is 12.8 Å². The van der Waals surface area contributed by atoms with Gasteiger partial charge in [0.1, 0.15) is 0 Å². The van der Waals surface area contributed by atoms with E-state index in [-0.39, 0.29) is 10.2 Å². The number of carbonyl (C=O) groups is 2. The zero-order chi connectivity index (χ0) is 11.3. The van der Waals surface area contributed by atoms with Gasteiger partial charge in [0.2, 0.25) is 0 Å². The standard InChI is InChI=1S/C10H12O2S3/c11-9(13)5-3-7-1-2-8(15-7)4-6-10(12)14/h1-2H,3-6H2,(H,11,13)(H,12,14). The summed E-state index contributed by atoms with van der Waals surface area (Å²) in [6.07, 6.45) is 2.41. The number of aryl methyl sites for hydroxylation is 2. The summed E-state index contributed by atoms with van der Waals surface area (Å²) in [5.74, 6) is 0. The van der Waals surface area contributed by atoms with Crippen molar-refractivity contribution in [2.24, 2.45) is 0 Å². The van der Waals surface area contributed by atoms with E-state index in [9.17, 15) is 9.59 Å². The second-order valence-electron chi connectivity index (χ2n) is 3.16. The minimum atomic E-state index is -0.0875. The van der Waals surface area contributed by atoms with Gasteiger partial charge in [-0.2, -0.15) is 0 Å². The minimum absolute atomic E-state index is 0.0875. The zero-order valence-electron chi connectivity index (χ0n) is 8.10. The van der Waals surface area contributed by atoms with Gasteiger partial charge in [-0.3, -0.25) is 9.59 Å². The quantitative estimate of drug-likeness (QED) is 0.771. The van der Waals surface area contributed by atoms with Crippen LogP contribution in [0.15, 0.2) is 12.1 Å². The van der Waals surface area contributed by atoms with Crippen molar-refractivity contribution in [2.45, 2.75) is 25.7 Å². The maximum Gasteiger partial charge on any atom is 0.186 e. The van der Waals surface area contributed by atoms with Crippen LogP contribution in [-0.2, 0) is 22.4 Å². The lowest BCUT2D eigenvalue weighted by Crippen LogP contribution is -1.89. The van der Waals surface area contributed by atoms with E-state index in [1.54, 1.807) is 11.3 Å². The number of rotatable bonds is 6. The molecule has 0 aliphatic rings. The van der Waals surface area contributed by atoms with Gasteiger partial charge in [-0.1, -0.05) is 0 Å². The van der Waals surface area contributed by atoms with Crippen molar-refractivity contribution >= 4 is 46.8 Å². The molecule has 0 bridgehead atoms. The summed E-state index contributed by atoms with van der Waals surface area (Å²) in [7, 11) is 0. The van der Waals surface area contributed by atoms with E-state index in [2.05, 4.69) is 25.3 Å². The molecule has 0 saturated carbocycles. The first-order valence-electron chi connectivity index (χ1n) is 4.59. The van der Waals surface area contributed by atoms with E-state index < -0.39 is 0 Å². The summed E-state index contributed by atoms with van der Waals surface area (Å²) in [6, 6.07) is 4.00. The molecule has 15 heavy (non-hydrogen) atoms. The minimum Gasteiger partial charge on any atom is -0.287 e. The van der Waals surface area contributed by atoms with E-state index in [1.165, 1.54) is 9.75 Å². The molecule has 0 aliphatic carbocycles. The van der Waals surface area contributed by atoms with Crippen LogP contribution in [0, 0.1) is 0 Å². The molecular formula is C10H12O2S3. The molecule has 0 atom stereocenters. The first-order chi connectivity index (χ1) is 7.08. The third-order valence-corrected chi connectivity index (χ3v) is 3.54. The van der Waals surface area contributed by atoms with E-state index in [1.807, 2.05) is 12.1 Å². The Hall–Kier alpha value is -0.260. The van der Waals surface area contributed by atoms with Gasteiger partial charge in [0, 0.05) is 22.6 Å². The topological polar surface area (TPSA) is 34.1 Å². The smallest absolute Gasteiger partial charge is 0.186 e. The Morgan fingerprint density at radius 2 is 1.40 bits per heavy atom. The highest BCUT2D eigenvalue weighted by Gasteiger charge is 2.03. The lowest BCUT2D eigenvalue weighted by atomic mass is 10.2. The summed E-state index contributed by atoms with van der Waals surface area (Å²) in [5, 5.41) is -0.175. The van der Waals surface area contributed by atoms with Crippen LogP contribution in [0.2, 0.25) is 0 Å². The third-order valence-electron chi connectivity index (χ3n) is 1.89. The molecule has 0 unspecified atom stereocenters. The van der Waals surface area contributed by atoms with Crippen LogP contribution < -0.4 is 0 Å². The van der Waals surface area contributed by atoms with Gasteiger partial charge in [0.25, 0.3) is 0 Å². The van der Waals surface area contributed by atoms with E-state index in [4.69, 9.17) is 0 Å². The highest BCUT2D eigenvalue weighted by atomic mass is 32.1. The first-order valence-corrected chi connectivity index (χ1v) is 6.30. The van der Waals surface area contributed by atoms with Gasteiger partial charge in [-0.15, -0.1) is 36.6 Å². The largest absolute Gasteiger partial charge is 0.287 e. The summed E-state index contributed by atoms with van der Waals surface area (Å²) in [4.78, 5) is 23.6. The van der Waals surface area contributed by atoms with Gasteiger partial charge >= 0.3 is 0 Å². The van der Waals surface area contributed by atoms with E-state index in [0.717, 1.165) is 12.8 Å². The Morgan fingerprint density at radius 1 is 1.00 bits per heavy atom. The molecule has 1 aromatic rings. The number of hydrogen-bond acceptors (Lipinski definition) is 3. The molecule has 0 N–H and O–H groups in total. The average Bonchev–Trinajstić information content (AvgIpc) is 2.59. The van der Waals surface area contributed by atoms with Crippen LogP contribution in [0.25, 0.3) is 0 Å². The molecule has 0 aromatic carbocycles. The molecular weight excluding hydrogens is 248 g/mol. The Morgan fingerprint density at radius 3 is 1.73 bits per heavy atom. The SMILES string of the molecule is O=C(S)CCc1ccc(CCC(=O)S)s1. The highest BCUT2D eigenvalue weighted by Crippen LogP contribution is 2.20. The van der Waals surface area contributed by atoms with Crippen LogP contribution in [-0.4, -0.2) is 10.2 Å². The van der Waals surface area contributed by atoms with E-state index >= 15 is 0 Å². The van der Waals surface area contributed by atoms with Crippen molar-refractivity contribution in [3.8, 4) is 0 Å². The Labute approximate surface area is 104 Å². The fourth-order valence-corrected chi connectivity index (χ4v) is 2.39. The fraction of sp³-hybridized carbons (Fsp3) is 0.400. The Balaban J connectivity index is 2.41. The van der Waals surface area contributed by atoms with Crippen LogP contribution in [0.3, 0.4) is 0 Å². The molecule has 0 radical (unpaired) electrons. The van der Waals surface area contributed by atoms with Gasteiger partial charge in [-0.05, 0) is 25.0 Å². The second-order valence-corrected chi connectivity index (χ2v) is 5.41. The summed E-state index contributed by atoms with van der Waals surface area (Å²) < 4.78 is 0. The van der Waals surface area contributed by atoms with Crippen molar-refractivity contribution in [2.75, 3.05) is 0 Å². The van der Waals surface area contributed by atoms with Crippen LogP contribution in [0.5, 0.6) is 0 Å². The van der Waals surface area contributed by atoms with Crippen LogP contribution in [0.1, 0.15) is 22.6 Å². The average molecular weight is 260 g/mol. The molecule has 0 aliphatic heterocycles. The molecule has 2 nitrogen and oxygen atoms in total. The lowest BCUT2D eigenvalue weighted by Gasteiger charge is -1.93. The molecule has 82 valence electrons. The maximum absolute atomic E-state index is 10.7. The molecule has 0 fully saturated rings. The Bertz CT molecular complexity index is 325. The van der Waals surface area contributed by atoms with Crippen LogP contribution >= 0.6 is 36.6 Å². The fourth-order valence-electron chi connectivity index (χ4n) is 1.15. The summed E-state index contributed by atoms with van der Waals surface area (Å²) in [6.45, 7) is 0. The molecule has 0 amide bonds. The molecule has 1 heterocycles. The molecule has 0 spiro atoms. The van der Waals surface area contributed by atoms with Crippen molar-refractivity contribution in [3.05, 3.63) is 21.9 Å². The summed E-state index contributed by atoms with van der Waals surface area (Å²) >= 11 is 9.07. The van der Waals surface area contributed by atoms with Gasteiger partial charge < -0.3 is 0 Å². The third kappa shape index (κ3) is 5.39.